The summed E-state index contributed by atoms with van der Waals surface area (Å²) in [7, 11) is 0. The number of hydrogen-bond acceptors (Lipinski definition) is 4. The van der Waals surface area contributed by atoms with Gasteiger partial charge in [-0.25, -0.2) is 0 Å². The van der Waals surface area contributed by atoms with Gasteiger partial charge in [0.1, 0.15) is 0 Å². The van der Waals surface area contributed by atoms with E-state index in [1.54, 1.807) is 19.5 Å². The fourth-order valence-corrected chi connectivity index (χ4v) is 3.52. The van der Waals surface area contributed by atoms with Crippen LogP contribution in [-0.4, -0.2) is 11.6 Å². The molecule has 3 rings (SSSR count). The molecule has 1 N–H and O–H groups in total. The van der Waals surface area contributed by atoms with Gasteiger partial charge in [0.2, 0.25) is 0 Å². The molecule has 0 saturated carbocycles. The fourth-order valence-electron chi connectivity index (χ4n) is 3.52. The molecule has 1 aliphatic carbocycles. The molecular weight excluding hydrogens is 278 g/mol. The lowest BCUT2D eigenvalue weighted by Gasteiger charge is -2.39. The summed E-state index contributed by atoms with van der Waals surface area (Å²) in [4.78, 5) is 25.2. The molecule has 1 aliphatic heterocycles. The molecule has 4 nitrogen and oxygen atoms in total. The van der Waals surface area contributed by atoms with Crippen molar-refractivity contribution in [2.24, 2.45) is 5.41 Å². The quantitative estimate of drug-likeness (QED) is 0.908. The van der Waals surface area contributed by atoms with Gasteiger partial charge in [-0.05, 0) is 32.8 Å². The molecule has 22 heavy (non-hydrogen) atoms. The van der Waals surface area contributed by atoms with E-state index in [-0.39, 0.29) is 17.5 Å². The number of Topliss-reactive ketones (excluding diaryl/α,β-unsaturated/α-hetero) is 2. The minimum absolute atomic E-state index is 0.0149. The highest BCUT2D eigenvalue weighted by Gasteiger charge is 2.44. The molecular formula is C18H21NO3. The predicted octanol–water partition coefficient (Wildman–Crippen LogP) is 3.47. The van der Waals surface area contributed by atoms with E-state index in [1.807, 2.05) is 26.8 Å². The second kappa shape index (κ2) is 4.97. The Hall–Kier alpha value is -2.10. The van der Waals surface area contributed by atoms with Gasteiger partial charge in [0.15, 0.2) is 11.6 Å². The van der Waals surface area contributed by atoms with Crippen LogP contribution < -0.4 is 5.32 Å². The van der Waals surface area contributed by atoms with Crippen molar-refractivity contribution in [3.63, 3.8) is 0 Å². The van der Waals surface area contributed by atoms with Crippen molar-refractivity contribution in [1.82, 2.24) is 5.32 Å². The van der Waals surface area contributed by atoms with Crippen LogP contribution in [-0.2, 0) is 9.59 Å². The topological polar surface area (TPSA) is 59.3 Å². The molecule has 0 amide bonds. The average molecular weight is 299 g/mol. The van der Waals surface area contributed by atoms with Crippen LogP contribution in [0.25, 0.3) is 0 Å². The van der Waals surface area contributed by atoms with E-state index >= 15 is 0 Å². The highest BCUT2D eigenvalue weighted by atomic mass is 16.3. The zero-order valence-electron chi connectivity index (χ0n) is 13.4. The van der Waals surface area contributed by atoms with Crippen molar-refractivity contribution in [3.05, 3.63) is 46.7 Å². The number of nitrogens with one attached hydrogen (secondary N) is 1. The van der Waals surface area contributed by atoms with Gasteiger partial charge in [-0.2, -0.15) is 0 Å². The predicted molar refractivity (Wildman–Crippen MR) is 83.0 cm³/mol. The summed E-state index contributed by atoms with van der Waals surface area (Å²) < 4.78 is 5.21. The Morgan fingerprint density at radius 2 is 2.14 bits per heavy atom. The van der Waals surface area contributed by atoms with Gasteiger partial charge in [-0.3, -0.25) is 9.59 Å². The number of hydrogen-bond donors (Lipinski definition) is 1. The third kappa shape index (κ3) is 2.14. The normalized spacial score (nSPS) is 24.2. The first-order chi connectivity index (χ1) is 10.3. The van der Waals surface area contributed by atoms with Crippen molar-refractivity contribution in [2.75, 3.05) is 0 Å². The van der Waals surface area contributed by atoms with E-state index in [2.05, 4.69) is 5.32 Å². The minimum atomic E-state index is -0.393. The van der Waals surface area contributed by atoms with E-state index in [4.69, 9.17) is 4.42 Å². The first kappa shape index (κ1) is 14.8. The lowest BCUT2D eigenvalue weighted by molar-refractivity contribution is -0.124. The third-order valence-electron chi connectivity index (χ3n) is 4.76. The summed E-state index contributed by atoms with van der Waals surface area (Å²) in [5.41, 5.74) is 3.66. The number of ketones is 2. The summed E-state index contributed by atoms with van der Waals surface area (Å²) in [6.07, 6.45) is 4.86. The Balaban J connectivity index is 2.20. The van der Waals surface area contributed by atoms with Gasteiger partial charge >= 0.3 is 0 Å². The second-order valence-corrected chi connectivity index (χ2v) is 6.81. The number of dihydropyridines is 1. The van der Waals surface area contributed by atoms with Gasteiger partial charge < -0.3 is 9.73 Å². The summed E-state index contributed by atoms with van der Waals surface area (Å²) in [6, 6.07) is 1.84. The summed E-state index contributed by atoms with van der Waals surface area (Å²) in [5.74, 6) is -0.211. The molecule has 1 aromatic rings. The first-order valence-electron chi connectivity index (χ1n) is 7.61. The number of furan rings is 1. The Kier molecular flexibility index (Phi) is 3.35. The van der Waals surface area contributed by atoms with Crippen molar-refractivity contribution >= 4 is 11.6 Å². The van der Waals surface area contributed by atoms with Crippen LogP contribution in [0.1, 0.15) is 52.0 Å². The highest BCUT2D eigenvalue weighted by Crippen LogP contribution is 2.46. The summed E-state index contributed by atoms with van der Waals surface area (Å²) in [5, 5.41) is 3.30. The van der Waals surface area contributed by atoms with Crippen molar-refractivity contribution < 1.29 is 14.0 Å². The van der Waals surface area contributed by atoms with Crippen LogP contribution in [0.5, 0.6) is 0 Å². The Morgan fingerprint density at radius 3 is 2.73 bits per heavy atom. The van der Waals surface area contributed by atoms with Crippen LogP contribution in [0.4, 0.5) is 0 Å². The van der Waals surface area contributed by atoms with E-state index in [0.29, 0.717) is 5.57 Å². The molecule has 0 saturated heterocycles. The molecule has 116 valence electrons. The fraction of sp³-hybridized carbons (Fsp3) is 0.444. The van der Waals surface area contributed by atoms with Gasteiger partial charge in [0.25, 0.3) is 0 Å². The van der Waals surface area contributed by atoms with Gasteiger partial charge in [-0.15, -0.1) is 0 Å². The third-order valence-corrected chi connectivity index (χ3v) is 4.76. The largest absolute Gasteiger partial charge is 0.472 e. The van der Waals surface area contributed by atoms with Gasteiger partial charge in [0, 0.05) is 39.4 Å². The maximum Gasteiger partial charge on any atom is 0.167 e. The number of carbonyl (C=O) groups is 2. The van der Waals surface area contributed by atoms with Crippen LogP contribution in [0.2, 0.25) is 0 Å². The highest BCUT2D eigenvalue weighted by molar-refractivity contribution is 6.07. The van der Waals surface area contributed by atoms with E-state index < -0.39 is 5.41 Å². The molecule has 0 bridgehead atoms. The van der Waals surface area contributed by atoms with Gasteiger partial charge in [-0.1, -0.05) is 13.8 Å². The molecule has 2 aliphatic rings. The molecule has 0 radical (unpaired) electrons. The second-order valence-electron chi connectivity index (χ2n) is 6.81. The number of rotatable bonds is 2. The summed E-state index contributed by atoms with van der Waals surface area (Å²) in [6.45, 7) is 7.41. The lowest BCUT2D eigenvalue weighted by Crippen LogP contribution is -2.40. The molecule has 0 aromatic carbocycles. The lowest BCUT2D eigenvalue weighted by atomic mass is 9.67. The van der Waals surface area contributed by atoms with Gasteiger partial charge in [0.05, 0.1) is 12.5 Å². The Labute approximate surface area is 130 Å². The average Bonchev–Trinajstić information content (AvgIpc) is 2.95. The molecule has 1 aromatic heterocycles. The van der Waals surface area contributed by atoms with E-state index in [1.165, 1.54) is 0 Å². The maximum absolute atomic E-state index is 13.0. The number of carbonyl (C=O) groups excluding carboxylic acids is 2. The molecule has 0 fully saturated rings. The molecule has 2 heterocycles. The van der Waals surface area contributed by atoms with Crippen LogP contribution in [0, 0.1) is 5.41 Å². The van der Waals surface area contributed by atoms with Crippen LogP contribution in [0.3, 0.4) is 0 Å². The standard InChI is InChI=1S/C18H21NO3/c1-10-14(11(2)20)15(12-6-8-22-9-12)16-13(19-10)5-7-18(3,4)17(16)21/h6,8-9,15,19H,5,7H2,1-4H3. The Morgan fingerprint density at radius 1 is 1.41 bits per heavy atom. The summed E-state index contributed by atoms with van der Waals surface area (Å²) >= 11 is 0. The van der Waals surface area contributed by atoms with Crippen LogP contribution in [0.15, 0.2) is 45.6 Å². The zero-order valence-corrected chi connectivity index (χ0v) is 13.4. The first-order valence-corrected chi connectivity index (χ1v) is 7.61. The maximum atomic E-state index is 13.0. The molecule has 0 spiro atoms. The Bertz CT molecular complexity index is 705. The molecule has 1 atom stereocenters. The van der Waals surface area contributed by atoms with E-state index in [9.17, 15) is 9.59 Å². The van der Waals surface area contributed by atoms with Crippen molar-refractivity contribution in [3.8, 4) is 0 Å². The molecule has 4 heteroatoms. The smallest absolute Gasteiger partial charge is 0.167 e. The van der Waals surface area contributed by atoms with Crippen LogP contribution >= 0.6 is 0 Å². The monoisotopic (exact) mass is 299 g/mol. The number of allylic oxidation sites excluding steroid dienone is 4. The zero-order chi connectivity index (χ0) is 16.1. The van der Waals surface area contributed by atoms with Crippen molar-refractivity contribution in [2.45, 2.75) is 46.5 Å². The molecule has 1 unspecified atom stereocenters. The SMILES string of the molecule is CC(=O)C1=C(C)NC2=C(C(=O)C(C)(C)CC2)C1c1ccoc1. The van der Waals surface area contributed by atoms with Crippen molar-refractivity contribution in [1.29, 1.82) is 0 Å². The van der Waals surface area contributed by atoms with E-state index in [0.717, 1.165) is 35.4 Å². The minimum Gasteiger partial charge on any atom is -0.472 e.